The summed E-state index contributed by atoms with van der Waals surface area (Å²) in [5.74, 6) is 0.0970. The Hall–Kier alpha value is -1.33. The highest BCUT2D eigenvalue weighted by molar-refractivity contribution is 5.67. The molecule has 0 saturated carbocycles. The van der Waals surface area contributed by atoms with E-state index in [0.29, 0.717) is 11.8 Å². The first-order valence-corrected chi connectivity index (χ1v) is 6.91. The van der Waals surface area contributed by atoms with Gasteiger partial charge in [0.25, 0.3) is 0 Å². The molecule has 0 aromatic heterocycles. The van der Waals surface area contributed by atoms with Crippen molar-refractivity contribution in [2.45, 2.75) is 30.8 Å². The minimum atomic E-state index is -0.281. The highest BCUT2D eigenvalue weighted by Crippen LogP contribution is 2.49. The van der Waals surface area contributed by atoms with Gasteiger partial charge in [0.2, 0.25) is 0 Å². The second-order valence-corrected chi connectivity index (χ2v) is 5.92. The lowest BCUT2D eigenvalue weighted by Crippen LogP contribution is -2.46. The zero-order valence-electron chi connectivity index (χ0n) is 11.0. The molecule has 19 heavy (non-hydrogen) atoms. The van der Waals surface area contributed by atoms with Crippen molar-refractivity contribution in [1.82, 2.24) is 10.4 Å². The van der Waals surface area contributed by atoms with Crippen LogP contribution in [0.2, 0.25) is 0 Å². The number of hydrogen-bond acceptors (Lipinski definition) is 4. The Kier molecular flexibility index (Phi) is 2.32. The molecule has 0 amide bonds. The molecule has 2 unspecified atom stereocenters. The van der Waals surface area contributed by atoms with Crippen molar-refractivity contribution in [2.75, 3.05) is 25.5 Å². The first kappa shape index (κ1) is 11.5. The van der Waals surface area contributed by atoms with Crippen molar-refractivity contribution in [3.8, 4) is 5.75 Å². The van der Waals surface area contributed by atoms with Crippen molar-refractivity contribution >= 4 is 5.69 Å². The molecule has 2 atom stereocenters. The van der Waals surface area contributed by atoms with Crippen LogP contribution in [0.4, 0.5) is 10.1 Å². The molecule has 4 nitrogen and oxygen atoms in total. The Balaban J connectivity index is 1.72. The van der Waals surface area contributed by atoms with E-state index in [-0.39, 0.29) is 11.4 Å². The van der Waals surface area contributed by atoms with Gasteiger partial charge in [-0.05, 0) is 45.0 Å². The second kappa shape index (κ2) is 3.84. The summed E-state index contributed by atoms with van der Waals surface area (Å²) in [4.78, 5) is 7.83. The summed E-state index contributed by atoms with van der Waals surface area (Å²) >= 11 is 0. The molecule has 1 aromatic carbocycles. The Morgan fingerprint density at radius 3 is 3.21 bits per heavy atom. The Morgan fingerprint density at radius 2 is 2.42 bits per heavy atom. The Morgan fingerprint density at radius 1 is 1.53 bits per heavy atom. The van der Waals surface area contributed by atoms with Gasteiger partial charge in [-0.2, -0.15) is 0 Å². The first-order valence-electron chi connectivity index (χ1n) is 6.91. The molecule has 3 aliphatic rings. The van der Waals surface area contributed by atoms with E-state index in [1.165, 1.54) is 18.9 Å². The molecule has 1 saturated heterocycles. The molecule has 1 aromatic rings. The quantitative estimate of drug-likeness (QED) is 0.853. The van der Waals surface area contributed by atoms with Gasteiger partial charge in [-0.15, -0.1) is 5.48 Å². The van der Waals surface area contributed by atoms with Crippen molar-refractivity contribution in [3.05, 3.63) is 23.5 Å². The van der Waals surface area contributed by atoms with Crippen molar-refractivity contribution in [1.29, 1.82) is 0 Å². The Bertz CT molecular complexity index is 536. The fraction of sp³-hybridized carbons (Fsp3) is 0.571. The number of rotatable bonds is 2. The Labute approximate surface area is 111 Å². The summed E-state index contributed by atoms with van der Waals surface area (Å²) in [6.45, 7) is 1.92. The highest BCUT2D eigenvalue weighted by atomic mass is 19.1. The van der Waals surface area contributed by atoms with E-state index in [1.807, 2.05) is 6.07 Å². The smallest absolute Gasteiger partial charge is 0.190 e. The van der Waals surface area contributed by atoms with Crippen LogP contribution >= 0.6 is 0 Å². The van der Waals surface area contributed by atoms with Gasteiger partial charge in [0.05, 0.1) is 0 Å². The van der Waals surface area contributed by atoms with E-state index < -0.39 is 0 Å². The molecule has 3 heterocycles. The number of anilines is 1. The number of benzene rings is 1. The normalized spacial score (nSPS) is 32.2. The van der Waals surface area contributed by atoms with Gasteiger partial charge in [-0.25, -0.2) is 4.39 Å². The second-order valence-electron chi connectivity index (χ2n) is 5.92. The van der Waals surface area contributed by atoms with Gasteiger partial charge in [0, 0.05) is 23.8 Å². The number of nitrogens with zero attached hydrogens (tertiary/aromatic N) is 1. The maximum atomic E-state index is 13.8. The molecule has 5 heteroatoms. The molecule has 4 rings (SSSR count). The predicted molar refractivity (Wildman–Crippen MR) is 70.6 cm³/mol. The lowest BCUT2D eigenvalue weighted by atomic mass is 9.85. The lowest BCUT2D eigenvalue weighted by Gasteiger charge is -2.29. The third-order valence-corrected chi connectivity index (χ3v) is 4.77. The minimum Gasteiger partial charge on any atom is -0.404 e. The maximum Gasteiger partial charge on any atom is 0.190 e. The summed E-state index contributed by atoms with van der Waals surface area (Å²) in [5, 5.41) is 3.37. The summed E-state index contributed by atoms with van der Waals surface area (Å²) in [5.41, 5.74) is 4.81. The molecular weight excluding hydrogens is 245 g/mol. The van der Waals surface area contributed by atoms with Crippen LogP contribution in [-0.2, 0) is 5.54 Å². The number of likely N-dealkylation sites (tertiary alicyclic amines) is 1. The minimum absolute atomic E-state index is 0.268. The van der Waals surface area contributed by atoms with Gasteiger partial charge >= 0.3 is 0 Å². The van der Waals surface area contributed by atoms with Crippen LogP contribution in [0.25, 0.3) is 0 Å². The summed E-state index contributed by atoms with van der Waals surface area (Å²) < 4.78 is 13.8. The summed E-state index contributed by atoms with van der Waals surface area (Å²) in [6, 6.07) is 3.81. The maximum absolute atomic E-state index is 13.8. The number of hydroxylamine groups is 1. The van der Waals surface area contributed by atoms with E-state index in [4.69, 9.17) is 4.84 Å². The van der Waals surface area contributed by atoms with Gasteiger partial charge < -0.3 is 15.1 Å². The van der Waals surface area contributed by atoms with Gasteiger partial charge in [0.15, 0.2) is 11.6 Å². The van der Waals surface area contributed by atoms with Crippen LogP contribution in [0.15, 0.2) is 12.1 Å². The lowest BCUT2D eigenvalue weighted by molar-refractivity contribution is 0.107. The van der Waals surface area contributed by atoms with E-state index >= 15 is 0 Å². The molecule has 102 valence electrons. The van der Waals surface area contributed by atoms with Crippen LogP contribution < -0.4 is 15.6 Å². The largest absolute Gasteiger partial charge is 0.404 e. The van der Waals surface area contributed by atoms with Crippen molar-refractivity contribution in [3.63, 3.8) is 0 Å². The molecule has 0 bridgehead atoms. The summed E-state index contributed by atoms with van der Waals surface area (Å²) in [6.07, 6.45) is 3.41. The van der Waals surface area contributed by atoms with Crippen LogP contribution in [0.1, 0.15) is 24.8 Å². The third kappa shape index (κ3) is 1.51. The fourth-order valence-corrected chi connectivity index (χ4v) is 3.71. The monoisotopic (exact) mass is 263 g/mol. The van der Waals surface area contributed by atoms with Gasteiger partial charge in [0.1, 0.15) is 5.54 Å². The molecule has 0 radical (unpaired) electrons. The van der Waals surface area contributed by atoms with Gasteiger partial charge in [-0.3, -0.25) is 0 Å². The zero-order valence-corrected chi connectivity index (χ0v) is 11.0. The predicted octanol–water partition coefficient (Wildman–Crippen LogP) is 1.83. The van der Waals surface area contributed by atoms with Crippen molar-refractivity contribution < 1.29 is 9.23 Å². The fourth-order valence-electron chi connectivity index (χ4n) is 3.71. The van der Waals surface area contributed by atoms with E-state index in [0.717, 1.165) is 30.8 Å². The van der Waals surface area contributed by atoms with Crippen LogP contribution in [0, 0.1) is 5.82 Å². The average molecular weight is 263 g/mol. The molecule has 2 N–H and O–H groups in total. The van der Waals surface area contributed by atoms with Crippen LogP contribution in [-0.4, -0.2) is 31.1 Å². The number of hydrogen-bond donors (Lipinski definition) is 2. The van der Waals surface area contributed by atoms with E-state index in [1.54, 1.807) is 0 Å². The molecule has 1 fully saturated rings. The topological polar surface area (TPSA) is 36.5 Å². The number of halogens is 1. The van der Waals surface area contributed by atoms with E-state index in [9.17, 15) is 4.39 Å². The summed E-state index contributed by atoms with van der Waals surface area (Å²) in [7, 11) is 2.17. The molecule has 0 aliphatic carbocycles. The van der Waals surface area contributed by atoms with Crippen LogP contribution in [0.3, 0.4) is 0 Å². The van der Waals surface area contributed by atoms with Crippen molar-refractivity contribution in [2.24, 2.45) is 0 Å². The standard InChI is InChI=1S/C14H18FN3O/c1-18-6-2-3-9(18)7-14-8-16-11-5-4-10(15)13(12(11)14)19-17-14/h4-5,9,16-17H,2-3,6-8H2,1H3. The first-order chi connectivity index (χ1) is 9.20. The molecular formula is C14H18FN3O. The molecule has 0 spiro atoms. The SMILES string of the molecule is CN1CCCC1CC12CNc3ccc(F)c(c31)ON2. The number of nitrogens with one attached hydrogen (secondary N) is 2. The zero-order chi connectivity index (χ0) is 13.0. The van der Waals surface area contributed by atoms with Crippen LogP contribution in [0.5, 0.6) is 5.75 Å². The third-order valence-electron chi connectivity index (χ3n) is 4.77. The molecule has 3 aliphatic heterocycles. The van der Waals surface area contributed by atoms with E-state index in [2.05, 4.69) is 22.7 Å². The average Bonchev–Trinajstić information content (AvgIpc) is 3.05. The highest BCUT2D eigenvalue weighted by Gasteiger charge is 2.49. The van der Waals surface area contributed by atoms with Gasteiger partial charge in [-0.1, -0.05) is 0 Å².